The van der Waals surface area contributed by atoms with Crippen LogP contribution in [0.15, 0.2) is 12.4 Å². The third-order valence-electron chi connectivity index (χ3n) is 4.06. The van der Waals surface area contributed by atoms with E-state index < -0.39 is 0 Å². The van der Waals surface area contributed by atoms with Crippen LogP contribution < -0.4 is 4.90 Å². The first-order valence-electron chi connectivity index (χ1n) is 7.02. The van der Waals surface area contributed by atoms with Crippen molar-refractivity contribution in [2.24, 2.45) is 0 Å². The number of nitrogens with zero attached hydrogens (tertiary/aromatic N) is 4. The van der Waals surface area contributed by atoms with Crippen LogP contribution in [0, 0.1) is 0 Å². The molecule has 0 spiro atoms. The molecule has 4 heterocycles. The van der Waals surface area contributed by atoms with Crippen LogP contribution in [0.3, 0.4) is 0 Å². The van der Waals surface area contributed by atoms with Crippen molar-refractivity contribution in [3.8, 4) is 10.7 Å². The Bertz CT molecular complexity index is 639. The number of fused-ring (bicyclic) bond motifs is 3. The van der Waals surface area contributed by atoms with Crippen LogP contribution in [0.1, 0.15) is 19.5 Å². The second kappa shape index (κ2) is 4.30. The van der Waals surface area contributed by atoms with Crippen molar-refractivity contribution in [1.82, 2.24) is 14.5 Å². The molecule has 6 heteroatoms. The van der Waals surface area contributed by atoms with Crippen molar-refractivity contribution in [2.75, 3.05) is 31.2 Å². The van der Waals surface area contributed by atoms with Gasteiger partial charge < -0.3 is 14.2 Å². The van der Waals surface area contributed by atoms with Crippen molar-refractivity contribution >= 4 is 16.5 Å². The van der Waals surface area contributed by atoms with E-state index in [0.717, 1.165) is 43.7 Å². The normalized spacial score (nSPS) is 20.6. The summed E-state index contributed by atoms with van der Waals surface area (Å²) in [5.74, 6) is 1.06. The molecule has 0 aliphatic carbocycles. The van der Waals surface area contributed by atoms with Gasteiger partial charge in [-0.1, -0.05) is 11.3 Å². The number of rotatable bonds is 1. The molecule has 4 rings (SSSR count). The maximum atomic E-state index is 5.42. The van der Waals surface area contributed by atoms with Gasteiger partial charge in [-0.15, -0.1) is 0 Å². The molecule has 5 nitrogen and oxygen atoms in total. The molecule has 2 aromatic rings. The van der Waals surface area contributed by atoms with Gasteiger partial charge in [0.1, 0.15) is 0 Å². The summed E-state index contributed by atoms with van der Waals surface area (Å²) in [6.07, 6.45) is 4.93. The minimum Gasteiger partial charge on any atom is -0.378 e. The van der Waals surface area contributed by atoms with E-state index in [1.54, 1.807) is 11.3 Å². The quantitative estimate of drug-likeness (QED) is 0.807. The third-order valence-corrected chi connectivity index (χ3v) is 5.22. The van der Waals surface area contributed by atoms with E-state index in [4.69, 9.17) is 9.72 Å². The van der Waals surface area contributed by atoms with E-state index in [0.29, 0.717) is 0 Å². The average molecular weight is 290 g/mol. The summed E-state index contributed by atoms with van der Waals surface area (Å²) in [5, 5.41) is 1.12. The Morgan fingerprint density at radius 3 is 2.90 bits per heavy atom. The zero-order valence-electron chi connectivity index (χ0n) is 11.8. The number of thiazole rings is 1. The molecule has 2 aliphatic heterocycles. The highest BCUT2D eigenvalue weighted by molar-refractivity contribution is 7.19. The molecule has 0 bridgehead atoms. The highest BCUT2D eigenvalue weighted by Crippen LogP contribution is 2.42. The first-order valence-corrected chi connectivity index (χ1v) is 7.83. The summed E-state index contributed by atoms with van der Waals surface area (Å²) in [6, 6.07) is 0. The minimum atomic E-state index is 0.0508. The Hall–Kier alpha value is -1.40. The minimum absolute atomic E-state index is 0.0508. The molecule has 1 saturated heterocycles. The van der Waals surface area contributed by atoms with Crippen molar-refractivity contribution in [3.63, 3.8) is 0 Å². The fourth-order valence-corrected chi connectivity index (χ4v) is 4.11. The monoisotopic (exact) mass is 290 g/mol. The van der Waals surface area contributed by atoms with Gasteiger partial charge in [0.15, 0.2) is 11.0 Å². The summed E-state index contributed by atoms with van der Waals surface area (Å²) >= 11 is 1.77. The summed E-state index contributed by atoms with van der Waals surface area (Å²) < 4.78 is 7.69. The van der Waals surface area contributed by atoms with Gasteiger partial charge in [0.2, 0.25) is 0 Å². The average Bonchev–Trinajstić information content (AvgIpc) is 3.05. The van der Waals surface area contributed by atoms with Gasteiger partial charge in [0, 0.05) is 37.4 Å². The molecule has 1 fully saturated rings. The fourth-order valence-electron chi connectivity index (χ4n) is 2.98. The van der Waals surface area contributed by atoms with Crippen molar-refractivity contribution in [1.29, 1.82) is 0 Å². The van der Waals surface area contributed by atoms with Crippen LogP contribution >= 0.6 is 11.3 Å². The van der Waals surface area contributed by atoms with E-state index in [-0.39, 0.29) is 5.54 Å². The number of ether oxygens (including phenoxy) is 1. The lowest BCUT2D eigenvalue weighted by Crippen LogP contribution is -2.36. The Kier molecular flexibility index (Phi) is 2.65. The maximum absolute atomic E-state index is 5.42. The molecule has 106 valence electrons. The predicted molar refractivity (Wildman–Crippen MR) is 79.4 cm³/mol. The van der Waals surface area contributed by atoms with Crippen LogP contribution in [0.5, 0.6) is 0 Å². The molecule has 0 N–H and O–H groups in total. The first kappa shape index (κ1) is 12.3. The van der Waals surface area contributed by atoms with E-state index in [2.05, 4.69) is 34.5 Å². The lowest BCUT2D eigenvalue weighted by Gasteiger charge is -2.31. The summed E-state index contributed by atoms with van der Waals surface area (Å²) in [6.45, 7) is 7.95. The smallest absolute Gasteiger partial charge is 0.186 e. The molecule has 2 aliphatic rings. The first-order chi connectivity index (χ1) is 9.65. The predicted octanol–water partition coefficient (Wildman–Crippen LogP) is 2.13. The molecular weight excluding hydrogens is 272 g/mol. The second-order valence-corrected chi connectivity index (χ2v) is 6.96. The number of imidazole rings is 1. The fraction of sp³-hybridized carbons (Fsp3) is 0.571. The van der Waals surface area contributed by atoms with E-state index >= 15 is 0 Å². The van der Waals surface area contributed by atoms with Gasteiger partial charge in [-0.2, -0.15) is 0 Å². The molecule has 0 atom stereocenters. The Labute approximate surface area is 122 Å². The van der Waals surface area contributed by atoms with Crippen molar-refractivity contribution < 1.29 is 4.74 Å². The summed E-state index contributed by atoms with van der Waals surface area (Å²) in [7, 11) is 0. The topological polar surface area (TPSA) is 43.2 Å². The van der Waals surface area contributed by atoms with Gasteiger partial charge in [-0.25, -0.2) is 9.97 Å². The highest BCUT2D eigenvalue weighted by atomic mass is 32.1. The third kappa shape index (κ3) is 1.78. The number of hydrogen-bond donors (Lipinski definition) is 0. The van der Waals surface area contributed by atoms with Gasteiger partial charge in [-0.3, -0.25) is 0 Å². The molecule has 0 radical (unpaired) electrons. The largest absolute Gasteiger partial charge is 0.378 e. The van der Waals surface area contributed by atoms with E-state index in [1.807, 2.05) is 6.20 Å². The standard InChI is InChI=1S/C14H18N4OS/c1-14(2)9-10-11(12-15-3-4-18(12)14)20-13(16-10)17-5-7-19-8-6-17/h3-4H,5-9H2,1-2H3. The molecular formula is C14H18N4OS. The zero-order valence-corrected chi connectivity index (χ0v) is 12.6. The molecule has 0 amide bonds. The van der Waals surface area contributed by atoms with Gasteiger partial charge in [0.05, 0.1) is 23.8 Å². The lowest BCUT2D eigenvalue weighted by molar-refractivity contribution is 0.122. The number of anilines is 1. The van der Waals surface area contributed by atoms with Crippen LogP contribution in [-0.2, 0) is 16.7 Å². The molecule has 20 heavy (non-hydrogen) atoms. The van der Waals surface area contributed by atoms with E-state index in [9.17, 15) is 0 Å². The molecule has 0 saturated carbocycles. The van der Waals surface area contributed by atoms with Crippen molar-refractivity contribution in [3.05, 3.63) is 18.1 Å². The van der Waals surface area contributed by atoms with Crippen LogP contribution in [0.25, 0.3) is 10.7 Å². The number of aromatic nitrogens is 3. The Balaban J connectivity index is 1.77. The highest BCUT2D eigenvalue weighted by Gasteiger charge is 2.34. The zero-order chi connectivity index (χ0) is 13.7. The lowest BCUT2D eigenvalue weighted by atomic mass is 9.94. The molecule has 2 aromatic heterocycles. The van der Waals surface area contributed by atoms with Gasteiger partial charge in [0.25, 0.3) is 0 Å². The summed E-state index contributed by atoms with van der Waals surface area (Å²) in [4.78, 5) is 13.0. The van der Waals surface area contributed by atoms with Crippen LogP contribution in [0.4, 0.5) is 5.13 Å². The SMILES string of the molecule is CC1(C)Cc2nc(N3CCOCC3)sc2-c2nccn21. The number of morpholine rings is 1. The Morgan fingerprint density at radius 1 is 1.30 bits per heavy atom. The maximum Gasteiger partial charge on any atom is 0.186 e. The molecule has 0 unspecified atom stereocenters. The molecule has 0 aromatic carbocycles. The van der Waals surface area contributed by atoms with Crippen LogP contribution in [0.2, 0.25) is 0 Å². The van der Waals surface area contributed by atoms with Gasteiger partial charge in [-0.05, 0) is 13.8 Å². The van der Waals surface area contributed by atoms with Crippen LogP contribution in [-0.4, -0.2) is 40.8 Å². The Morgan fingerprint density at radius 2 is 2.10 bits per heavy atom. The summed E-state index contributed by atoms with van der Waals surface area (Å²) in [5.41, 5.74) is 1.25. The second-order valence-electron chi connectivity index (χ2n) is 5.98. The van der Waals surface area contributed by atoms with E-state index in [1.165, 1.54) is 10.6 Å². The van der Waals surface area contributed by atoms with Crippen molar-refractivity contribution in [2.45, 2.75) is 25.8 Å². The van der Waals surface area contributed by atoms with Gasteiger partial charge >= 0.3 is 0 Å². The number of hydrogen-bond acceptors (Lipinski definition) is 5.